The number of aliphatic hydroxyl groups excluding tert-OH is 3. The second kappa shape index (κ2) is 5.66. The van der Waals surface area contributed by atoms with Crippen molar-refractivity contribution >= 4 is 6.29 Å². The zero-order valence-corrected chi connectivity index (χ0v) is 10.3. The summed E-state index contributed by atoms with van der Waals surface area (Å²) in [4.78, 5) is 10.5. The average molecular weight is 268 g/mol. The molecule has 0 aromatic heterocycles. The fourth-order valence-electron chi connectivity index (χ4n) is 1.87. The molecule has 1 aromatic carbocycles. The Labute approximate surface area is 110 Å². The van der Waals surface area contributed by atoms with Crippen LogP contribution in [0.15, 0.2) is 24.3 Å². The summed E-state index contributed by atoms with van der Waals surface area (Å²) in [5.41, 5.74) is 0.501. The van der Waals surface area contributed by atoms with E-state index in [1.165, 1.54) is 0 Å². The van der Waals surface area contributed by atoms with Gasteiger partial charge in [0.05, 0.1) is 6.10 Å². The number of rotatable bonds is 3. The molecule has 1 heterocycles. The lowest BCUT2D eigenvalue weighted by molar-refractivity contribution is -0.268. The van der Waals surface area contributed by atoms with Gasteiger partial charge in [0.1, 0.15) is 30.3 Å². The number of carbonyl (C=O) groups excluding carboxylic acids is 1. The molecule has 0 radical (unpaired) electrons. The largest absolute Gasteiger partial charge is 0.462 e. The summed E-state index contributed by atoms with van der Waals surface area (Å²) in [6, 6.07) is 6.24. The van der Waals surface area contributed by atoms with Crippen LogP contribution in [0.25, 0.3) is 0 Å². The molecule has 0 amide bonds. The maximum atomic E-state index is 10.5. The van der Waals surface area contributed by atoms with E-state index in [0.717, 1.165) is 0 Å². The van der Waals surface area contributed by atoms with E-state index in [-0.39, 0.29) is 0 Å². The molecule has 5 atom stereocenters. The van der Waals surface area contributed by atoms with Gasteiger partial charge >= 0.3 is 0 Å². The molecule has 1 fully saturated rings. The molecule has 1 aromatic rings. The molecule has 3 N–H and O–H groups in total. The lowest BCUT2D eigenvalue weighted by Crippen LogP contribution is -2.58. The van der Waals surface area contributed by atoms with Crippen LogP contribution in [0.2, 0.25) is 0 Å². The fourth-order valence-corrected chi connectivity index (χ4v) is 1.87. The van der Waals surface area contributed by atoms with Crippen LogP contribution >= 0.6 is 0 Å². The first-order chi connectivity index (χ1) is 9.02. The fraction of sp³-hybridized carbons (Fsp3) is 0.462. The van der Waals surface area contributed by atoms with Crippen LogP contribution in [0.3, 0.4) is 0 Å². The van der Waals surface area contributed by atoms with E-state index in [2.05, 4.69) is 0 Å². The molecule has 0 aliphatic carbocycles. The average Bonchev–Trinajstić information content (AvgIpc) is 2.43. The molecule has 1 aliphatic heterocycles. The monoisotopic (exact) mass is 268 g/mol. The molecule has 0 bridgehead atoms. The summed E-state index contributed by atoms with van der Waals surface area (Å²) in [5.74, 6) is 0.394. The minimum atomic E-state index is -1.35. The van der Waals surface area contributed by atoms with E-state index in [4.69, 9.17) is 9.47 Å². The molecular formula is C13H16O6. The first kappa shape index (κ1) is 14.0. The van der Waals surface area contributed by atoms with Gasteiger partial charge in [-0.25, -0.2) is 0 Å². The number of aliphatic hydroxyl groups is 3. The molecule has 1 saturated heterocycles. The van der Waals surface area contributed by atoms with Crippen molar-refractivity contribution in [3.8, 4) is 5.75 Å². The maximum absolute atomic E-state index is 10.5. The van der Waals surface area contributed by atoms with Crippen LogP contribution in [0, 0.1) is 0 Å². The van der Waals surface area contributed by atoms with Crippen molar-refractivity contribution in [1.29, 1.82) is 0 Å². The van der Waals surface area contributed by atoms with Gasteiger partial charge in [-0.15, -0.1) is 0 Å². The molecule has 6 nitrogen and oxygen atoms in total. The Hall–Kier alpha value is -1.47. The number of carbonyl (C=O) groups is 1. The van der Waals surface area contributed by atoms with Gasteiger partial charge in [-0.05, 0) is 31.2 Å². The molecule has 104 valence electrons. The maximum Gasteiger partial charge on any atom is 0.229 e. The first-order valence-electron chi connectivity index (χ1n) is 5.94. The first-order valence-corrected chi connectivity index (χ1v) is 5.94. The molecule has 19 heavy (non-hydrogen) atoms. The van der Waals surface area contributed by atoms with Crippen LogP contribution in [-0.2, 0) is 4.74 Å². The molecule has 0 saturated carbocycles. The number of benzene rings is 1. The van der Waals surface area contributed by atoms with Gasteiger partial charge in [-0.1, -0.05) is 0 Å². The Morgan fingerprint density at radius 3 is 2.32 bits per heavy atom. The molecule has 1 aliphatic rings. The van der Waals surface area contributed by atoms with Crippen molar-refractivity contribution < 1.29 is 29.6 Å². The van der Waals surface area contributed by atoms with Gasteiger partial charge in [0.15, 0.2) is 0 Å². The minimum Gasteiger partial charge on any atom is -0.462 e. The van der Waals surface area contributed by atoms with Gasteiger partial charge < -0.3 is 24.8 Å². The lowest BCUT2D eigenvalue weighted by Gasteiger charge is -2.38. The zero-order chi connectivity index (χ0) is 14.0. The minimum absolute atomic E-state index is 0.394. The second-order valence-electron chi connectivity index (χ2n) is 4.49. The van der Waals surface area contributed by atoms with Crippen molar-refractivity contribution in [3.05, 3.63) is 29.8 Å². The van der Waals surface area contributed by atoms with Crippen molar-refractivity contribution in [1.82, 2.24) is 0 Å². The summed E-state index contributed by atoms with van der Waals surface area (Å²) in [6.45, 7) is 1.58. The van der Waals surface area contributed by atoms with Crippen LogP contribution in [0.4, 0.5) is 0 Å². The molecule has 6 heteroatoms. The Balaban J connectivity index is 2.07. The Kier molecular flexibility index (Phi) is 4.16. The zero-order valence-electron chi connectivity index (χ0n) is 10.3. The van der Waals surface area contributed by atoms with E-state index < -0.39 is 30.7 Å². The van der Waals surface area contributed by atoms with Gasteiger partial charge in [-0.3, -0.25) is 4.79 Å². The highest BCUT2D eigenvalue weighted by Gasteiger charge is 2.43. The summed E-state index contributed by atoms with van der Waals surface area (Å²) < 4.78 is 10.7. The summed E-state index contributed by atoms with van der Waals surface area (Å²) in [5, 5.41) is 29.0. The van der Waals surface area contributed by atoms with E-state index in [9.17, 15) is 20.1 Å². The van der Waals surface area contributed by atoms with Crippen LogP contribution in [0.1, 0.15) is 17.3 Å². The molecule has 0 spiro atoms. The normalized spacial score (nSPS) is 34.8. The molecular weight excluding hydrogens is 252 g/mol. The standard InChI is InChI=1S/C13H16O6/c1-7-10(15)11(16)12(17)13(18-7)19-9-4-2-8(6-14)3-5-9/h2-7,10-13,15-17H,1H3/t7-,10+,11+,12-,13+/m0/s1. The Morgan fingerprint density at radius 1 is 1.11 bits per heavy atom. The number of hydrogen-bond acceptors (Lipinski definition) is 6. The Bertz CT molecular complexity index is 431. The summed E-state index contributed by atoms with van der Waals surface area (Å²) in [6.07, 6.45) is -4.86. The molecule has 0 unspecified atom stereocenters. The van der Waals surface area contributed by atoms with Crippen LogP contribution in [0.5, 0.6) is 5.75 Å². The number of aldehydes is 1. The van der Waals surface area contributed by atoms with Gasteiger partial charge in [0.25, 0.3) is 0 Å². The SMILES string of the molecule is C[C@@H]1O[C@H](Oc2ccc(C=O)cc2)[C@@H](O)[C@H](O)[C@@H]1O. The van der Waals surface area contributed by atoms with E-state index in [1.807, 2.05) is 0 Å². The highest BCUT2D eigenvalue weighted by atomic mass is 16.7. The summed E-state index contributed by atoms with van der Waals surface area (Å²) >= 11 is 0. The summed E-state index contributed by atoms with van der Waals surface area (Å²) in [7, 11) is 0. The third-order valence-electron chi connectivity index (χ3n) is 3.08. The predicted octanol–water partition coefficient (Wildman–Crippen LogP) is -0.295. The van der Waals surface area contributed by atoms with E-state index >= 15 is 0 Å². The van der Waals surface area contributed by atoms with Crippen molar-refractivity contribution in [3.63, 3.8) is 0 Å². The van der Waals surface area contributed by atoms with Crippen molar-refractivity contribution in [2.75, 3.05) is 0 Å². The predicted molar refractivity (Wildman–Crippen MR) is 64.8 cm³/mol. The number of ether oxygens (including phenoxy) is 2. The third-order valence-corrected chi connectivity index (χ3v) is 3.08. The van der Waals surface area contributed by atoms with Crippen molar-refractivity contribution in [2.45, 2.75) is 37.6 Å². The quantitative estimate of drug-likeness (QED) is 0.652. The van der Waals surface area contributed by atoms with Crippen molar-refractivity contribution in [2.24, 2.45) is 0 Å². The van der Waals surface area contributed by atoms with Crippen LogP contribution in [-0.4, -0.2) is 52.3 Å². The van der Waals surface area contributed by atoms with Crippen LogP contribution < -0.4 is 4.74 Å². The third kappa shape index (κ3) is 2.93. The van der Waals surface area contributed by atoms with E-state index in [1.54, 1.807) is 31.2 Å². The highest BCUT2D eigenvalue weighted by Crippen LogP contribution is 2.24. The van der Waals surface area contributed by atoms with Gasteiger partial charge in [0.2, 0.25) is 6.29 Å². The van der Waals surface area contributed by atoms with Gasteiger partial charge in [0, 0.05) is 5.56 Å². The Morgan fingerprint density at radius 2 is 1.74 bits per heavy atom. The molecule has 2 rings (SSSR count). The highest BCUT2D eigenvalue weighted by molar-refractivity contribution is 5.74. The topological polar surface area (TPSA) is 96.2 Å². The number of hydrogen-bond donors (Lipinski definition) is 3. The van der Waals surface area contributed by atoms with E-state index in [0.29, 0.717) is 17.6 Å². The smallest absolute Gasteiger partial charge is 0.229 e. The van der Waals surface area contributed by atoms with Gasteiger partial charge in [-0.2, -0.15) is 0 Å². The second-order valence-corrected chi connectivity index (χ2v) is 4.49. The lowest BCUT2D eigenvalue weighted by atomic mass is 10.00.